The summed E-state index contributed by atoms with van der Waals surface area (Å²) >= 11 is 0. The summed E-state index contributed by atoms with van der Waals surface area (Å²) in [4.78, 5) is 32.0. The van der Waals surface area contributed by atoms with Crippen molar-refractivity contribution in [1.29, 1.82) is 0 Å². The fourth-order valence-electron chi connectivity index (χ4n) is 2.04. The molecular weight excluding hydrogens is 320 g/mol. The topological polar surface area (TPSA) is 77.3 Å². The van der Waals surface area contributed by atoms with E-state index < -0.39 is 11.9 Å². The molecule has 0 saturated carbocycles. The van der Waals surface area contributed by atoms with Crippen molar-refractivity contribution in [1.82, 2.24) is 0 Å². The fourth-order valence-corrected chi connectivity index (χ4v) is 2.04. The molecule has 0 heterocycles. The van der Waals surface area contributed by atoms with Crippen molar-refractivity contribution in [3.8, 4) is 0 Å². The monoisotopic (exact) mass is 338 g/mol. The van der Waals surface area contributed by atoms with Crippen molar-refractivity contribution in [3.05, 3.63) is 59.7 Å². The molecule has 2 rings (SSSR count). The predicted octanol–water partition coefficient (Wildman–Crippen LogP) is 4.18. The molecule has 6 heteroatoms. The van der Waals surface area contributed by atoms with Crippen LogP contribution in [0.1, 0.15) is 34.6 Å². The van der Waals surface area contributed by atoms with E-state index in [9.17, 15) is 9.59 Å². The third kappa shape index (κ3) is 4.86. The van der Waals surface area contributed by atoms with Crippen LogP contribution >= 0.6 is 0 Å². The number of nitrogens with zero attached hydrogens (tertiary/aromatic N) is 2. The second kappa shape index (κ2) is 9.15. The molecule has 0 bridgehead atoms. The van der Waals surface area contributed by atoms with E-state index in [1.807, 2.05) is 0 Å². The average Bonchev–Trinajstić information content (AvgIpc) is 2.63. The zero-order valence-electron chi connectivity index (χ0n) is 14.1. The van der Waals surface area contributed by atoms with Gasteiger partial charge in [-0.3, -0.25) is 0 Å². The van der Waals surface area contributed by atoms with Crippen LogP contribution in [0.4, 0.5) is 11.4 Å². The summed E-state index contributed by atoms with van der Waals surface area (Å²) in [5.74, 6) is -0.925. The molecule has 0 aliphatic heterocycles. The van der Waals surface area contributed by atoms with Crippen molar-refractivity contribution < 1.29 is 19.1 Å². The summed E-state index contributed by atoms with van der Waals surface area (Å²) in [6.45, 7) is 4.02. The minimum Gasteiger partial charge on any atom is -0.462 e. The molecule has 0 N–H and O–H groups in total. The molecular formula is C19H18N2O4. The minimum atomic E-state index is -0.462. The van der Waals surface area contributed by atoms with Crippen LogP contribution in [0.5, 0.6) is 0 Å². The van der Waals surface area contributed by atoms with Crippen LogP contribution in [-0.2, 0) is 9.47 Å². The van der Waals surface area contributed by atoms with Crippen molar-refractivity contribution in [2.24, 2.45) is 9.98 Å². The van der Waals surface area contributed by atoms with Gasteiger partial charge in [0.15, 0.2) is 0 Å². The van der Waals surface area contributed by atoms with Crippen molar-refractivity contribution in [2.45, 2.75) is 13.8 Å². The zero-order chi connectivity index (χ0) is 18.1. The summed E-state index contributed by atoms with van der Waals surface area (Å²) in [7, 11) is 0. The second-order valence-corrected chi connectivity index (χ2v) is 4.80. The molecule has 2 aromatic rings. The summed E-state index contributed by atoms with van der Waals surface area (Å²) in [5, 5.41) is 0. The van der Waals surface area contributed by atoms with Crippen molar-refractivity contribution in [3.63, 3.8) is 0 Å². The molecule has 0 spiro atoms. The predicted molar refractivity (Wildman–Crippen MR) is 94.0 cm³/mol. The van der Waals surface area contributed by atoms with Gasteiger partial charge in [-0.05, 0) is 38.1 Å². The number of ether oxygens (including phenoxy) is 2. The molecule has 128 valence electrons. The van der Waals surface area contributed by atoms with E-state index >= 15 is 0 Å². The lowest BCUT2D eigenvalue weighted by Gasteiger charge is -2.04. The highest BCUT2D eigenvalue weighted by Crippen LogP contribution is 2.21. The maximum atomic E-state index is 11.9. The van der Waals surface area contributed by atoms with Crippen LogP contribution < -0.4 is 0 Å². The lowest BCUT2D eigenvalue weighted by atomic mass is 10.2. The largest absolute Gasteiger partial charge is 0.462 e. The molecule has 0 aliphatic carbocycles. The van der Waals surface area contributed by atoms with Gasteiger partial charge < -0.3 is 9.47 Å². The number of hydrogen-bond donors (Lipinski definition) is 0. The number of rotatable bonds is 6. The molecule has 0 radical (unpaired) electrons. The summed E-state index contributed by atoms with van der Waals surface area (Å²) in [6.07, 6.45) is 0. The van der Waals surface area contributed by atoms with Crippen molar-refractivity contribution in [2.75, 3.05) is 13.2 Å². The summed E-state index contributed by atoms with van der Waals surface area (Å²) < 4.78 is 9.98. The third-order valence-corrected chi connectivity index (χ3v) is 3.14. The smallest absolute Gasteiger partial charge is 0.340 e. The van der Waals surface area contributed by atoms with Gasteiger partial charge in [-0.15, -0.1) is 0 Å². The minimum absolute atomic E-state index is 0.276. The zero-order valence-corrected chi connectivity index (χ0v) is 14.1. The molecule has 0 amide bonds. The van der Waals surface area contributed by atoms with E-state index in [2.05, 4.69) is 16.0 Å². The Balaban J connectivity index is 2.32. The van der Waals surface area contributed by atoms with Gasteiger partial charge >= 0.3 is 11.9 Å². The van der Waals surface area contributed by atoms with Gasteiger partial charge in [-0.2, -0.15) is 9.98 Å². The second-order valence-electron chi connectivity index (χ2n) is 4.80. The third-order valence-electron chi connectivity index (χ3n) is 3.14. The van der Waals surface area contributed by atoms with Gasteiger partial charge in [-0.25, -0.2) is 9.59 Å². The normalized spacial score (nSPS) is 9.68. The summed E-state index contributed by atoms with van der Waals surface area (Å²) in [6, 6.07) is 16.0. The van der Waals surface area contributed by atoms with E-state index in [0.29, 0.717) is 22.5 Å². The van der Waals surface area contributed by atoms with Crippen LogP contribution in [0, 0.1) is 0 Å². The quantitative estimate of drug-likeness (QED) is 0.585. The van der Waals surface area contributed by atoms with Crippen LogP contribution in [0.25, 0.3) is 0 Å². The maximum absolute atomic E-state index is 11.9. The first kappa shape index (κ1) is 18.1. The lowest BCUT2D eigenvalue weighted by molar-refractivity contribution is 0.0517. The number of carbonyl (C=O) groups excluding carboxylic acids is 2. The molecule has 0 aliphatic rings. The Bertz CT molecular complexity index is 758. The first-order valence-corrected chi connectivity index (χ1v) is 7.86. The van der Waals surface area contributed by atoms with Crippen LogP contribution in [0.2, 0.25) is 0 Å². The van der Waals surface area contributed by atoms with Gasteiger partial charge in [-0.1, -0.05) is 24.3 Å². The Kier molecular flexibility index (Phi) is 6.63. The van der Waals surface area contributed by atoms with Gasteiger partial charge in [0, 0.05) is 0 Å². The molecule has 25 heavy (non-hydrogen) atoms. The van der Waals surface area contributed by atoms with E-state index in [4.69, 9.17) is 9.47 Å². The Morgan fingerprint density at radius 3 is 1.60 bits per heavy atom. The Hall–Kier alpha value is -3.24. The standard InChI is InChI=1S/C19H18N2O4/c1-3-24-18(22)14-9-5-7-11-16(14)20-13-21-17-12-8-6-10-15(17)19(23)25-4-2/h5-12H,3-4H2,1-2H3. The van der Waals surface area contributed by atoms with E-state index in [-0.39, 0.29) is 13.2 Å². The van der Waals surface area contributed by atoms with Gasteiger partial charge in [0.1, 0.15) is 6.01 Å². The number of hydrogen-bond acceptors (Lipinski definition) is 6. The number of aliphatic imine (C=N–C) groups is 2. The first-order valence-electron chi connectivity index (χ1n) is 7.86. The first-order chi connectivity index (χ1) is 12.2. The van der Waals surface area contributed by atoms with Gasteiger partial charge in [0.25, 0.3) is 0 Å². The molecule has 2 aromatic carbocycles. The van der Waals surface area contributed by atoms with Crippen LogP contribution in [-0.4, -0.2) is 31.2 Å². The van der Waals surface area contributed by atoms with E-state index in [1.165, 1.54) is 0 Å². The van der Waals surface area contributed by atoms with E-state index in [1.54, 1.807) is 62.4 Å². The molecule has 0 atom stereocenters. The Labute approximate surface area is 145 Å². The van der Waals surface area contributed by atoms with Crippen LogP contribution in [0.15, 0.2) is 58.5 Å². The average molecular weight is 338 g/mol. The van der Waals surface area contributed by atoms with Crippen molar-refractivity contribution >= 4 is 29.3 Å². The number of benzene rings is 2. The summed E-state index contributed by atoms with van der Waals surface area (Å²) in [5.41, 5.74) is 1.42. The molecule has 0 aromatic heterocycles. The lowest BCUT2D eigenvalue weighted by Crippen LogP contribution is -2.04. The number of carbonyl (C=O) groups is 2. The molecule has 0 fully saturated rings. The fraction of sp³-hybridized carbons (Fsp3) is 0.211. The maximum Gasteiger partial charge on any atom is 0.340 e. The SMILES string of the molecule is CCOC(=O)c1ccccc1N=C=Nc1ccccc1C(=O)OCC. The number of esters is 2. The highest BCUT2D eigenvalue weighted by atomic mass is 16.5. The van der Waals surface area contributed by atoms with Crippen LogP contribution in [0.3, 0.4) is 0 Å². The molecule has 0 saturated heterocycles. The molecule has 6 nitrogen and oxygen atoms in total. The number of para-hydroxylation sites is 2. The van der Waals surface area contributed by atoms with E-state index in [0.717, 1.165) is 0 Å². The van der Waals surface area contributed by atoms with Gasteiger partial charge in [0.2, 0.25) is 0 Å². The van der Waals surface area contributed by atoms with Gasteiger partial charge in [0.05, 0.1) is 35.7 Å². The highest BCUT2D eigenvalue weighted by Gasteiger charge is 2.12. The Morgan fingerprint density at radius 2 is 1.20 bits per heavy atom. The molecule has 0 unspecified atom stereocenters. The highest BCUT2D eigenvalue weighted by molar-refractivity contribution is 5.96. The Morgan fingerprint density at radius 1 is 0.800 bits per heavy atom.